The van der Waals surface area contributed by atoms with Crippen LogP contribution in [0.15, 0.2) is 29.2 Å². The molecule has 2 aliphatic heterocycles. The van der Waals surface area contributed by atoms with E-state index in [4.69, 9.17) is 9.47 Å². The van der Waals surface area contributed by atoms with Crippen molar-refractivity contribution in [3.8, 4) is 5.75 Å². The van der Waals surface area contributed by atoms with Crippen LogP contribution in [0.4, 0.5) is 0 Å². The number of methoxy groups -OCH3 is 1. The summed E-state index contributed by atoms with van der Waals surface area (Å²) in [5, 5.41) is 0. The van der Waals surface area contributed by atoms with E-state index in [0.29, 0.717) is 24.8 Å². The number of carbonyl (C=O) groups excluding carboxylic acids is 1. The first-order chi connectivity index (χ1) is 13.9. The van der Waals surface area contributed by atoms with Crippen LogP contribution in [0.2, 0.25) is 0 Å². The molecule has 1 atom stereocenters. The number of nitrogens with zero attached hydrogens (tertiary/aromatic N) is 2. The van der Waals surface area contributed by atoms with E-state index in [1.807, 2.05) is 4.90 Å². The SMILES string of the molecule is CNS(=O)(=O)c1cc(/C=C/C(=O)N2CCN(CC3CCCO3)CC2)ccc1OC. The molecule has 0 aromatic heterocycles. The summed E-state index contributed by atoms with van der Waals surface area (Å²) in [7, 11) is -0.894. The lowest BCUT2D eigenvalue weighted by molar-refractivity contribution is -0.127. The zero-order valence-electron chi connectivity index (χ0n) is 17.0. The van der Waals surface area contributed by atoms with Crippen molar-refractivity contribution in [2.75, 3.05) is 53.5 Å². The van der Waals surface area contributed by atoms with Crippen LogP contribution in [0.25, 0.3) is 6.08 Å². The van der Waals surface area contributed by atoms with Gasteiger partial charge in [0, 0.05) is 45.4 Å². The van der Waals surface area contributed by atoms with Gasteiger partial charge >= 0.3 is 0 Å². The lowest BCUT2D eigenvalue weighted by Crippen LogP contribution is -2.50. The Morgan fingerprint density at radius 3 is 2.69 bits per heavy atom. The van der Waals surface area contributed by atoms with E-state index in [-0.39, 0.29) is 16.6 Å². The minimum absolute atomic E-state index is 0.0415. The van der Waals surface area contributed by atoms with Crippen molar-refractivity contribution in [3.63, 3.8) is 0 Å². The van der Waals surface area contributed by atoms with Gasteiger partial charge in [-0.05, 0) is 43.7 Å². The minimum atomic E-state index is -3.66. The van der Waals surface area contributed by atoms with Gasteiger partial charge in [-0.15, -0.1) is 0 Å². The number of rotatable bonds is 7. The van der Waals surface area contributed by atoms with Crippen molar-refractivity contribution in [1.29, 1.82) is 0 Å². The van der Waals surface area contributed by atoms with E-state index in [2.05, 4.69) is 9.62 Å². The molecule has 9 heteroatoms. The lowest BCUT2D eigenvalue weighted by Gasteiger charge is -2.35. The normalized spacial score (nSPS) is 21.0. The highest BCUT2D eigenvalue weighted by Crippen LogP contribution is 2.25. The summed E-state index contributed by atoms with van der Waals surface area (Å²) < 4.78 is 37.4. The van der Waals surface area contributed by atoms with Crippen LogP contribution in [0, 0.1) is 0 Å². The molecule has 29 heavy (non-hydrogen) atoms. The molecule has 0 bridgehead atoms. The Balaban J connectivity index is 1.58. The van der Waals surface area contributed by atoms with Crippen molar-refractivity contribution in [3.05, 3.63) is 29.8 Å². The molecule has 0 aliphatic carbocycles. The van der Waals surface area contributed by atoms with Gasteiger partial charge < -0.3 is 14.4 Å². The second-order valence-corrected chi connectivity index (χ2v) is 9.07. The number of ether oxygens (including phenoxy) is 2. The fraction of sp³-hybridized carbons (Fsp3) is 0.550. The van der Waals surface area contributed by atoms with Crippen molar-refractivity contribution in [2.45, 2.75) is 23.8 Å². The number of piperazine rings is 1. The molecule has 1 amide bonds. The third kappa shape index (κ3) is 5.57. The second-order valence-electron chi connectivity index (χ2n) is 7.21. The van der Waals surface area contributed by atoms with Crippen molar-refractivity contribution in [2.24, 2.45) is 0 Å². The molecule has 2 fully saturated rings. The molecule has 1 unspecified atom stereocenters. The molecule has 2 aliphatic rings. The van der Waals surface area contributed by atoms with E-state index < -0.39 is 10.0 Å². The maximum absolute atomic E-state index is 12.5. The fourth-order valence-electron chi connectivity index (χ4n) is 3.62. The first kappa shape index (κ1) is 21.8. The number of carbonyl (C=O) groups is 1. The molecular weight excluding hydrogens is 394 g/mol. The highest BCUT2D eigenvalue weighted by molar-refractivity contribution is 7.89. The zero-order chi connectivity index (χ0) is 20.9. The summed E-state index contributed by atoms with van der Waals surface area (Å²) in [5.41, 5.74) is 0.616. The highest BCUT2D eigenvalue weighted by Gasteiger charge is 2.24. The van der Waals surface area contributed by atoms with Crippen LogP contribution < -0.4 is 9.46 Å². The number of benzene rings is 1. The number of nitrogens with one attached hydrogen (secondary N) is 1. The van der Waals surface area contributed by atoms with Gasteiger partial charge in [-0.1, -0.05) is 6.07 Å². The van der Waals surface area contributed by atoms with Crippen LogP contribution in [0.3, 0.4) is 0 Å². The molecule has 1 aromatic rings. The van der Waals surface area contributed by atoms with Gasteiger partial charge in [0.05, 0.1) is 13.2 Å². The van der Waals surface area contributed by atoms with Gasteiger partial charge in [-0.3, -0.25) is 9.69 Å². The fourth-order valence-corrected chi connectivity index (χ4v) is 4.54. The van der Waals surface area contributed by atoms with Gasteiger partial charge in [0.25, 0.3) is 0 Å². The average Bonchev–Trinajstić information content (AvgIpc) is 3.25. The maximum Gasteiger partial charge on any atom is 0.246 e. The van der Waals surface area contributed by atoms with E-state index in [1.54, 1.807) is 18.2 Å². The summed E-state index contributed by atoms with van der Waals surface area (Å²) in [6.45, 7) is 4.83. The van der Waals surface area contributed by atoms with Crippen LogP contribution >= 0.6 is 0 Å². The summed E-state index contributed by atoms with van der Waals surface area (Å²) in [4.78, 5) is 16.7. The number of hydrogen-bond donors (Lipinski definition) is 1. The van der Waals surface area contributed by atoms with E-state index in [0.717, 1.165) is 39.1 Å². The van der Waals surface area contributed by atoms with Crippen LogP contribution in [0.5, 0.6) is 5.75 Å². The van der Waals surface area contributed by atoms with Gasteiger partial charge in [-0.2, -0.15) is 0 Å². The zero-order valence-corrected chi connectivity index (χ0v) is 17.8. The Kier molecular flexibility index (Phi) is 7.28. The van der Waals surface area contributed by atoms with E-state index >= 15 is 0 Å². The second kappa shape index (κ2) is 9.71. The predicted octanol–water partition coefficient (Wildman–Crippen LogP) is 0.940. The maximum atomic E-state index is 12.5. The Hall–Kier alpha value is -1.94. The summed E-state index contributed by atoms with van der Waals surface area (Å²) in [6, 6.07) is 4.79. The van der Waals surface area contributed by atoms with Gasteiger partial charge in [0.15, 0.2) is 0 Å². The molecule has 0 spiro atoms. The van der Waals surface area contributed by atoms with Gasteiger partial charge in [0.2, 0.25) is 15.9 Å². The van der Waals surface area contributed by atoms with Crippen molar-refractivity contribution < 1.29 is 22.7 Å². The monoisotopic (exact) mass is 423 g/mol. The molecule has 2 saturated heterocycles. The number of amides is 1. The first-order valence-electron chi connectivity index (χ1n) is 9.85. The smallest absolute Gasteiger partial charge is 0.246 e. The Morgan fingerprint density at radius 1 is 1.31 bits per heavy atom. The Labute approximate surface area is 172 Å². The number of hydrogen-bond acceptors (Lipinski definition) is 6. The van der Waals surface area contributed by atoms with E-state index in [9.17, 15) is 13.2 Å². The van der Waals surface area contributed by atoms with E-state index in [1.165, 1.54) is 26.3 Å². The average molecular weight is 424 g/mol. The summed E-state index contributed by atoms with van der Waals surface area (Å²) >= 11 is 0. The highest BCUT2D eigenvalue weighted by atomic mass is 32.2. The summed E-state index contributed by atoms with van der Waals surface area (Å²) in [5.74, 6) is 0.181. The van der Waals surface area contributed by atoms with Gasteiger partial charge in [0.1, 0.15) is 10.6 Å². The molecule has 160 valence electrons. The minimum Gasteiger partial charge on any atom is -0.495 e. The predicted molar refractivity (Wildman–Crippen MR) is 110 cm³/mol. The molecule has 3 rings (SSSR count). The molecule has 8 nitrogen and oxygen atoms in total. The first-order valence-corrected chi connectivity index (χ1v) is 11.3. The quantitative estimate of drug-likeness (QED) is 0.657. The third-order valence-corrected chi connectivity index (χ3v) is 6.77. The molecule has 0 radical (unpaired) electrons. The molecular formula is C20H29N3O5S. The summed E-state index contributed by atoms with van der Waals surface area (Å²) in [6.07, 6.45) is 5.71. The Bertz CT molecular complexity index is 842. The molecule has 1 N–H and O–H groups in total. The van der Waals surface area contributed by atoms with Crippen LogP contribution in [-0.2, 0) is 19.6 Å². The standard InChI is InChI=1S/C20H29N3O5S/c1-21-29(25,26)19-14-16(5-7-18(19)27-2)6-8-20(24)23-11-9-22(10-12-23)15-17-4-3-13-28-17/h5-8,14,17,21H,3-4,9-13,15H2,1-2H3/b8-6+. The Morgan fingerprint density at radius 2 is 2.07 bits per heavy atom. The third-order valence-electron chi connectivity index (χ3n) is 5.33. The van der Waals surface area contributed by atoms with Crippen molar-refractivity contribution in [1.82, 2.24) is 14.5 Å². The number of sulfonamides is 1. The largest absolute Gasteiger partial charge is 0.495 e. The lowest BCUT2D eigenvalue weighted by atomic mass is 10.2. The van der Waals surface area contributed by atoms with Crippen LogP contribution in [-0.4, -0.2) is 83.7 Å². The topological polar surface area (TPSA) is 88.2 Å². The van der Waals surface area contributed by atoms with Crippen LogP contribution in [0.1, 0.15) is 18.4 Å². The molecule has 2 heterocycles. The molecule has 1 aromatic carbocycles. The molecule has 0 saturated carbocycles. The van der Waals surface area contributed by atoms with Crippen molar-refractivity contribution >= 4 is 22.0 Å². The van der Waals surface area contributed by atoms with Gasteiger partial charge in [-0.25, -0.2) is 13.1 Å².